The molecule has 0 N–H and O–H groups in total. The van der Waals surface area contributed by atoms with Gasteiger partial charge in [-0.1, -0.05) is 18.2 Å². The van der Waals surface area contributed by atoms with Crippen molar-refractivity contribution in [1.82, 2.24) is 9.55 Å². The van der Waals surface area contributed by atoms with Gasteiger partial charge in [0.05, 0.1) is 22.6 Å². The Morgan fingerprint density at radius 2 is 1.79 bits per heavy atom. The molecule has 0 radical (unpaired) electrons. The number of carbonyl (C=O) groups is 1. The highest BCUT2D eigenvalue weighted by Gasteiger charge is 2.30. The molecule has 0 saturated heterocycles. The van der Waals surface area contributed by atoms with Crippen molar-refractivity contribution in [2.24, 2.45) is 0 Å². The van der Waals surface area contributed by atoms with Crippen LogP contribution in [0.3, 0.4) is 0 Å². The van der Waals surface area contributed by atoms with E-state index in [1.165, 1.54) is 18.2 Å². The van der Waals surface area contributed by atoms with Crippen LogP contribution in [0.1, 0.15) is 16.1 Å². The second kappa shape index (κ2) is 5.48. The van der Waals surface area contributed by atoms with Crippen molar-refractivity contribution >= 4 is 17.0 Å². The van der Waals surface area contributed by atoms with Crippen LogP contribution in [0, 0.1) is 0 Å². The van der Waals surface area contributed by atoms with Crippen molar-refractivity contribution in [3.63, 3.8) is 0 Å². The van der Waals surface area contributed by atoms with Gasteiger partial charge in [-0.2, -0.15) is 13.2 Å². The summed E-state index contributed by atoms with van der Waals surface area (Å²) in [5.74, 6) is -1.80. The van der Waals surface area contributed by atoms with E-state index in [9.17, 15) is 27.9 Å². The Morgan fingerprint density at radius 1 is 1.08 bits per heavy atom. The van der Waals surface area contributed by atoms with Gasteiger partial charge in [-0.25, -0.2) is 4.98 Å². The van der Waals surface area contributed by atoms with E-state index in [2.05, 4.69) is 4.98 Å². The second-order valence-electron chi connectivity index (χ2n) is 4.93. The zero-order valence-electron chi connectivity index (χ0n) is 11.9. The molecule has 0 atom stereocenters. The molecule has 5 nitrogen and oxygen atoms in total. The fourth-order valence-electron chi connectivity index (χ4n) is 2.34. The van der Waals surface area contributed by atoms with E-state index in [1.54, 1.807) is 12.1 Å². The molecule has 3 rings (SSSR count). The number of para-hydroxylation sites is 2. The normalized spacial score (nSPS) is 11.6. The molecule has 0 amide bonds. The predicted molar refractivity (Wildman–Crippen MR) is 76.7 cm³/mol. The quantitative estimate of drug-likeness (QED) is 0.716. The number of aromatic nitrogens is 2. The van der Waals surface area contributed by atoms with E-state index in [0.29, 0.717) is 0 Å². The fraction of sp³-hybridized carbons (Fsp3) is 0.0625. The summed E-state index contributed by atoms with van der Waals surface area (Å²) in [7, 11) is 0. The molecular weight excluding hydrogens is 325 g/mol. The molecule has 0 unspecified atom stereocenters. The Morgan fingerprint density at radius 3 is 2.46 bits per heavy atom. The Hall–Kier alpha value is -3.16. The van der Waals surface area contributed by atoms with Gasteiger partial charge in [0.2, 0.25) is 0 Å². The Balaban J connectivity index is 2.40. The Kier molecular flexibility index (Phi) is 3.59. The number of carboxylic acids is 1. The summed E-state index contributed by atoms with van der Waals surface area (Å²) in [4.78, 5) is 27.2. The van der Waals surface area contributed by atoms with Gasteiger partial charge in [-0.15, -0.1) is 0 Å². The first-order chi connectivity index (χ1) is 11.3. The zero-order valence-corrected chi connectivity index (χ0v) is 11.9. The van der Waals surface area contributed by atoms with E-state index in [4.69, 9.17) is 0 Å². The maximum atomic E-state index is 12.9. The Bertz CT molecular complexity index is 1010. The van der Waals surface area contributed by atoms with E-state index >= 15 is 0 Å². The molecule has 24 heavy (non-hydrogen) atoms. The zero-order chi connectivity index (χ0) is 17.5. The predicted octanol–water partition coefficient (Wildman–Crippen LogP) is 1.77. The average molecular weight is 333 g/mol. The number of aromatic carboxylic acids is 1. The van der Waals surface area contributed by atoms with Crippen LogP contribution in [-0.2, 0) is 6.18 Å². The van der Waals surface area contributed by atoms with Crippen molar-refractivity contribution in [3.8, 4) is 5.69 Å². The number of benzene rings is 2. The highest BCUT2D eigenvalue weighted by atomic mass is 19.4. The van der Waals surface area contributed by atoms with Gasteiger partial charge in [-0.3, -0.25) is 9.36 Å². The number of carboxylic acid groups (broad SMARTS) is 1. The van der Waals surface area contributed by atoms with Crippen LogP contribution in [0.25, 0.3) is 16.7 Å². The van der Waals surface area contributed by atoms with Crippen LogP contribution in [-0.4, -0.2) is 15.5 Å². The van der Waals surface area contributed by atoms with Gasteiger partial charge >= 0.3 is 6.18 Å². The van der Waals surface area contributed by atoms with Crippen molar-refractivity contribution in [3.05, 3.63) is 70.1 Å². The number of rotatable bonds is 2. The van der Waals surface area contributed by atoms with E-state index in [1.807, 2.05) is 0 Å². The fourth-order valence-corrected chi connectivity index (χ4v) is 2.34. The van der Waals surface area contributed by atoms with Crippen molar-refractivity contribution in [1.29, 1.82) is 0 Å². The summed E-state index contributed by atoms with van der Waals surface area (Å²) in [6, 6.07) is 10.1. The van der Waals surface area contributed by atoms with Crippen LogP contribution in [0.4, 0.5) is 13.2 Å². The molecule has 0 aliphatic rings. The smallest absolute Gasteiger partial charge is 0.416 e. The van der Waals surface area contributed by atoms with E-state index in [-0.39, 0.29) is 16.7 Å². The molecule has 0 saturated carbocycles. The molecule has 122 valence electrons. The highest BCUT2D eigenvalue weighted by Crippen LogP contribution is 2.30. The maximum absolute atomic E-state index is 12.9. The molecule has 1 heterocycles. The third-order valence-corrected chi connectivity index (χ3v) is 3.39. The van der Waals surface area contributed by atoms with Crippen LogP contribution in [0.5, 0.6) is 0 Å². The lowest BCUT2D eigenvalue weighted by Gasteiger charge is -2.14. The van der Waals surface area contributed by atoms with Crippen LogP contribution in [0.2, 0.25) is 0 Å². The summed E-state index contributed by atoms with van der Waals surface area (Å²) >= 11 is 0. The maximum Gasteiger partial charge on any atom is 0.416 e. The second-order valence-corrected chi connectivity index (χ2v) is 4.93. The minimum atomic E-state index is -4.60. The first-order valence-corrected chi connectivity index (χ1v) is 6.70. The third-order valence-electron chi connectivity index (χ3n) is 3.39. The lowest BCUT2D eigenvalue weighted by atomic mass is 10.1. The number of fused-ring (bicyclic) bond motifs is 1. The standard InChI is InChI=1S/C16H9F3N2O3/c17-16(18,19)9-4-3-5-10(8-9)21-12-7-2-1-6-11(12)20-13(14(21)22)15(23)24/h1-8H,(H,23,24)/p-1. The van der Waals surface area contributed by atoms with Crippen LogP contribution < -0.4 is 10.7 Å². The van der Waals surface area contributed by atoms with E-state index < -0.39 is 29.0 Å². The SMILES string of the molecule is O=C([O-])c1nc2ccccc2n(-c2cccc(C(F)(F)F)c2)c1=O. The van der Waals surface area contributed by atoms with Gasteiger partial charge in [0.15, 0.2) is 5.69 Å². The molecule has 0 aliphatic carbocycles. The van der Waals surface area contributed by atoms with Gasteiger partial charge < -0.3 is 9.90 Å². The molecule has 0 spiro atoms. The number of hydrogen-bond acceptors (Lipinski definition) is 4. The number of halogens is 3. The van der Waals surface area contributed by atoms with E-state index in [0.717, 1.165) is 22.8 Å². The van der Waals surface area contributed by atoms with Crippen molar-refractivity contribution in [2.75, 3.05) is 0 Å². The largest absolute Gasteiger partial charge is 0.543 e. The highest BCUT2D eigenvalue weighted by molar-refractivity contribution is 5.87. The summed E-state index contributed by atoms with van der Waals surface area (Å²) in [6.45, 7) is 0. The molecule has 2 aromatic carbocycles. The lowest BCUT2D eigenvalue weighted by Crippen LogP contribution is -2.35. The number of alkyl halides is 3. The molecule has 1 aromatic heterocycles. The monoisotopic (exact) mass is 333 g/mol. The molecule has 8 heteroatoms. The van der Waals surface area contributed by atoms with Gasteiger partial charge in [-0.05, 0) is 30.3 Å². The lowest BCUT2D eigenvalue weighted by molar-refractivity contribution is -0.255. The van der Waals surface area contributed by atoms with Gasteiger partial charge in [0.25, 0.3) is 5.56 Å². The van der Waals surface area contributed by atoms with Crippen molar-refractivity contribution < 1.29 is 23.1 Å². The third kappa shape index (κ3) is 2.62. The molecule has 0 aliphatic heterocycles. The average Bonchev–Trinajstić information content (AvgIpc) is 2.53. The first-order valence-electron chi connectivity index (χ1n) is 6.70. The van der Waals surface area contributed by atoms with Crippen LogP contribution >= 0.6 is 0 Å². The molecule has 3 aromatic rings. The number of hydrogen-bond donors (Lipinski definition) is 0. The summed E-state index contributed by atoms with van der Waals surface area (Å²) in [5.41, 5.74) is -2.67. The van der Waals surface area contributed by atoms with Gasteiger partial charge in [0, 0.05) is 5.69 Å². The van der Waals surface area contributed by atoms with Gasteiger partial charge in [0.1, 0.15) is 0 Å². The number of nitrogens with zero attached hydrogens (tertiary/aromatic N) is 2. The molecule has 0 bridgehead atoms. The first kappa shape index (κ1) is 15.7. The Labute approximate surface area is 132 Å². The topological polar surface area (TPSA) is 75.0 Å². The summed E-state index contributed by atoms with van der Waals surface area (Å²) in [6.07, 6.45) is -4.60. The summed E-state index contributed by atoms with van der Waals surface area (Å²) < 4.78 is 39.6. The molecule has 0 fully saturated rings. The van der Waals surface area contributed by atoms with Crippen LogP contribution in [0.15, 0.2) is 53.3 Å². The minimum Gasteiger partial charge on any atom is -0.543 e. The minimum absolute atomic E-state index is 0.115. The summed E-state index contributed by atoms with van der Waals surface area (Å²) in [5, 5.41) is 11.1. The number of carbonyl (C=O) groups excluding carboxylic acids is 1. The molecular formula is C16H8F3N2O3-. The van der Waals surface area contributed by atoms with Crippen molar-refractivity contribution in [2.45, 2.75) is 6.18 Å².